The number of hydrogen-bond donors (Lipinski definition) is 2. The first-order chi connectivity index (χ1) is 14.4. The second-order valence-corrected chi connectivity index (χ2v) is 8.57. The molecule has 2 N–H and O–H groups in total. The summed E-state index contributed by atoms with van der Waals surface area (Å²) < 4.78 is 44.1. The van der Waals surface area contributed by atoms with Gasteiger partial charge in [-0.25, -0.2) is 9.67 Å². The van der Waals surface area contributed by atoms with Crippen LogP contribution in [0.3, 0.4) is 0 Å². The van der Waals surface area contributed by atoms with Crippen LogP contribution in [-0.2, 0) is 17.6 Å². The molecule has 1 spiro atoms. The number of nitrogens with zero attached hydrogens (tertiary/aromatic N) is 3. The van der Waals surface area contributed by atoms with Crippen molar-refractivity contribution in [2.45, 2.75) is 82.7 Å². The summed E-state index contributed by atoms with van der Waals surface area (Å²) in [6, 6.07) is 0.134. The Labute approximate surface area is 172 Å². The highest BCUT2D eigenvalue weighted by Gasteiger charge is 2.45. The normalized spacial score (nSPS) is 21.5. The van der Waals surface area contributed by atoms with Gasteiger partial charge in [-0.2, -0.15) is 18.3 Å². The number of alkyl halides is 3. The molecule has 0 radical (unpaired) electrons. The molecule has 0 bridgehead atoms. The number of aryl methyl sites for hydroxylation is 1. The molecule has 5 rings (SSSR count). The van der Waals surface area contributed by atoms with Gasteiger partial charge in [-0.05, 0) is 45.1 Å². The van der Waals surface area contributed by atoms with E-state index in [1.54, 1.807) is 6.20 Å². The molecule has 30 heavy (non-hydrogen) atoms. The number of aromatic nitrogens is 3. The average molecular weight is 421 g/mol. The molecule has 0 atom stereocenters. The number of pyridine rings is 1. The maximum absolute atomic E-state index is 14.2. The van der Waals surface area contributed by atoms with Crippen LogP contribution in [0.25, 0.3) is 16.7 Å². The van der Waals surface area contributed by atoms with Crippen molar-refractivity contribution in [3.8, 4) is 0 Å². The first-order valence-electron chi connectivity index (χ1n) is 10.8. The Morgan fingerprint density at radius 1 is 1.23 bits per heavy atom. The van der Waals surface area contributed by atoms with E-state index in [1.165, 1.54) is 11.1 Å². The summed E-state index contributed by atoms with van der Waals surface area (Å²) in [5.41, 5.74) is 2.50. The van der Waals surface area contributed by atoms with Crippen LogP contribution in [0.1, 0.15) is 69.5 Å². The molecule has 3 aliphatic rings. The fourth-order valence-electron chi connectivity index (χ4n) is 4.76. The van der Waals surface area contributed by atoms with E-state index in [-0.39, 0.29) is 17.3 Å². The van der Waals surface area contributed by atoms with Crippen LogP contribution in [-0.4, -0.2) is 26.4 Å². The van der Waals surface area contributed by atoms with Crippen molar-refractivity contribution in [1.29, 1.82) is 0 Å². The van der Waals surface area contributed by atoms with Gasteiger partial charge in [0, 0.05) is 12.6 Å². The Balaban J connectivity index is 1.72. The number of halogens is 3. The van der Waals surface area contributed by atoms with Crippen LogP contribution >= 0.6 is 0 Å². The van der Waals surface area contributed by atoms with Crippen molar-refractivity contribution in [3.63, 3.8) is 0 Å². The summed E-state index contributed by atoms with van der Waals surface area (Å²) in [4.78, 5) is 9.77. The fraction of sp³-hybridized carbons (Fsp3) is 0.619. The lowest BCUT2D eigenvalue weighted by atomic mass is 9.79. The first kappa shape index (κ1) is 19.7. The largest absolute Gasteiger partial charge is 0.434 e. The van der Waals surface area contributed by atoms with Crippen LogP contribution in [0.15, 0.2) is 12.3 Å². The van der Waals surface area contributed by atoms with Crippen molar-refractivity contribution in [2.24, 2.45) is 0 Å². The van der Waals surface area contributed by atoms with Gasteiger partial charge in [0.1, 0.15) is 5.60 Å². The Morgan fingerprint density at radius 2 is 2.00 bits per heavy atom. The predicted molar refractivity (Wildman–Crippen MR) is 107 cm³/mol. The fourth-order valence-corrected chi connectivity index (χ4v) is 4.76. The molecule has 2 aromatic rings. The van der Waals surface area contributed by atoms with E-state index in [0.717, 1.165) is 44.9 Å². The van der Waals surface area contributed by atoms with Crippen molar-refractivity contribution < 1.29 is 18.0 Å². The van der Waals surface area contributed by atoms with Gasteiger partial charge in [0.05, 0.1) is 28.5 Å². The minimum absolute atomic E-state index is 0.0417. The lowest BCUT2D eigenvalue weighted by molar-refractivity contribution is -0.141. The van der Waals surface area contributed by atoms with E-state index in [0.29, 0.717) is 23.3 Å². The summed E-state index contributed by atoms with van der Waals surface area (Å²) in [6.45, 7) is 2.29. The van der Waals surface area contributed by atoms with Crippen molar-refractivity contribution in [1.82, 2.24) is 20.2 Å². The van der Waals surface area contributed by atoms with Gasteiger partial charge < -0.3 is 5.32 Å². The Morgan fingerprint density at radius 3 is 2.60 bits per heavy atom. The Kier molecular flexibility index (Phi) is 4.68. The summed E-state index contributed by atoms with van der Waals surface area (Å²) in [5, 5.41) is 8.36. The number of anilines is 1. The molecule has 0 aromatic carbocycles. The van der Waals surface area contributed by atoms with Gasteiger partial charge in [-0.15, -0.1) is 0 Å². The first-order valence-corrected chi connectivity index (χ1v) is 10.8. The van der Waals surface area contributed by atoms with Crippen LogP contribution in [0.5, 0.6) is 0 Å². The Hall–Kier alpha value is -2.29. The second kappa shape index (κ2) is 7.14. The highest BCUT2D eigenvalue weighted by molar-refractivity contribution is 5.97. The average Bonchev–Trinajstić information content (AvgIpc) is 3.32. The monoisotopic (exact) mass is 421 g/mol. The van der Waals surface area contributed by atoms with E-state index in [4.69, 9.17) is 4.84 Å². The van der Waals surface area contributed by atoms with Crippen LogP contribution in [0, 0.1) is 0 Å². The van der Waals surface area contributed by atoms with Crippen molar-refractivity contribution in [3.05, 3.63) is 23.5 Å². The van der Waals surface area contributed by atoms with Crippen LogP contribution in [0.2, 0.25) is 0 Å². The maximum atomic E-state index is 14.2. The topological polar surface area (TPSA) is 64.0 Å². The van der Waals surface area contributed by atoms with E-state index < -0.39 is 17.5 Å². The molecular formula is C21H26F3N5O. The van der Waals surface area contributed by atoms with Crippen LogP contribution in [0.4, 0.5) is 18.9 Å². The van der Waals surface area contributed by atoms with Crippen molar-refractivity contribution >= 4 is 22.4 Å². The summed E-state index contributed by atoms with van der Waals surface area (Å²) in [7, 11) is 0. The zero-order valence-electron chi connectivity index (χ0n) is 17.0. The lowest BCUT2D eigenvalue weighted by Gasteiger charge is -2.33. The molecule has 0 amide bonds. The van der Waals surface area contributed by atoms with Gasteiger partial charge >= 0.3 is 6.18 Å². The van der Waals surface area contributed by atoms with Gasteiger partial charge in [0.15, 0.2) is 11.3 Å². The molecule has 0 saturated heterocycles. The van der Waals surface area contributed by atoms with E-state index in [2.05, 4.69) is 20.9 Å². The third-order valence-corrected chi connectivity index (χ3v) is 6.55. The molecular weight excluding hydrogens is 395 g/mol. The van der Waals surface area contributed by atoms with Gasteiger partial charge in [0.2, 0.25) is 0 Å². The smallest absolute Gasteiger partial charge is 0.381 e. The maximum Gasteiger partial charge on any atom is 0.434 e. The quantitative estimate of drug-likeness (QED) is 0.726. The van der Waals surface area contributed by atoms with E-state index in [1.807, 2.05) is 13.0 Å². The van der Waals surface area contributed by atoms with Gasteiger partial charge in [0.25, 0.3) is 0 Å². The van der Waals surface area contributed by atoms with E-state index in [9.17, 15) is 13.2 Å². The Bertz CT molecular complexity index is 987. The SMILES string of the molecule is CCn1ncc2c(NC3CCCCC3)c(C3=CC4(CCC4)ON3)c(C(F)(F)F)nc21. The van der Waals surface area contributed by atoms with E-state index >= 15 is 0 Å². The number of rotatable bonds is 4. The minimum atomic E-state index is -4.60. The van der Waals surface area contributed by atoms with Gasteiger partial charge in [-0.1, -0.05) is 19.3 Å². The zero-order chi connectivity index (χ0) is 20.9. The van der Waals surface area contributed by atoms with Crippen molar-refractivity contribution in [2.75, 3.05) is 5.32 Å². The lowest BCUT2D eigenvalue weighted by Crippen LogP contribution is -2.36. The molecule has 162 valence electrons. The third-order valence-electron chi connectivity index (χ3n) is 6.55. The molecule has 2 fully saturated rings. The molecule has 1 aliphatic heterocycles. The number of hydrogen-bond acceptors (Lipinski definition) is 5. The minimum Gasteiger partial charge on any atom is -0.381 e. The predicted octanol–water partition coefficient (Wildman–Crippen LogP) is 5.01. The number of fused-ring (bicyclic) bond motifs is 1. The molecule has 2 aliphatic carbocycles. The van der Waals surface area contributed by atoms with Crippen LogP contribution < -0.4 is 10.8 Å². The van der Waals surface area contributed by atoms with Gasteiger partial charge in [-0.3, -0.25) is 10.3 Å². The third kappa shape index (κ3) is 3.23. The number of nitrogens with one attached hydrogen (secondary N) is 2. The highest BCUT2D eigenvalue weighted by atomic mass is 19.4. The molecule has 2 saturated carbocycles. The molecule has 2 aromatic heterocycles. The summed E-state index contributed by atoms with van der Waals surface area (Å²) >= 11 is 0. The zero-order valence-corrected chi connectivity index (χ0v) is 17.0. The molecule has 9 heteroatoms. The number of hydroxylamine groups is 1. The highest BCUT2D eigenvalue weighted by Crippen LogP contribution is 2.46. The summed E-state index contributed by atoms with van der Waals surface area (Å²) in [6.07, 6.45) is 6.66. The molecule has 6 nitrogen and oxygen atoms in total. The molecule has 0 unspecified atom stereocenters. The second-order valence-electron chi connectivity index (χ2n) is 8.57. The summed E-state index contributed by atoms with van der Waals surface area (Å²) in [5.74, 6) is 0. The standard InChI is InChI=1S/C21H26F3N5O/c1-2-29-19-14(12-25-29)17(26-13-7-4-3-5-8-13)16(18(27-19)21(22,23)24)15-11-20(30-28-15)9-6-10-20/h11-13,28H,2-10H2,1H3,(H,26,27). The molecule has 3 heterocycles.